The second-order valence-electron chi connectivity index (χ2n) is 6.44. The first-order valence-corrected chi connectivity index (χ1v) is 10.4. The van der Waals surface area contributed by atoms with Gasteiger partial charge in [-0.05, 0) is 43.3 Å². The van der Waals surface area contributed by atoms with Crippen molar-refractivity contribution in [3.8, 4) is 23.0 Å². The Labute approximate surface area is 189 Å². The molecule has 0 saturated carbocycles. The van der Waals surface area contributed by atoms with E-state index in [0.717, 1.165) is 11.8 Å². The van der Waals surface area contributed by atoms with Gasteiger partial charge in [0.25, 0.3) is 0 Å². The van der Waals surface area contributed by atoms with E-state index in [1.165, 1.54) is 27.4 Å². The van der Waals surface area contributed by atoms with Crippen LogP contribution in [0.1, 0.15) is 12.5 Å². The number of nitrogens with zero attached hydrogens (tertiary/aromatic N) is 1. The SMILES string of the molecule is CCOC(=O)C1=C(O)C(=Cc2cc(OC)ccc2O)SC1=Nc1ccc(OC)c(OC)c1. The molecule has 2 aromatic carbocycles. The minimum absolute atomic E-state index is 0.00494. The number of aliphatic hydroxyl groups excluding tert-OH is 1. The number of thioether (sulfide) groups is 1. The maximum atomic E-state index is 12.6. The van der Waals surface area contributed by atoms with Crippen molar-refractivity contribution < 1.29 is 34.0 Å². The fourth-order valence-corrected chi connectivity index (χ4v) is 3.95. The quantitative estimate of drug-likeness (QED) is 0.581. The van der Waals surface area contributed by atoms with Crippen molar-refractivity contribution in [2.45, 2.75) is 6.92 Å². The molecule has 1 aliphatic rings. The summed E-state index contributed by atoms with van der Waals surface area (Å²) >= 11 is 1.08. The lowest BCUT2D eigenvalue weighted by Gasteiger charge is -2.08. The fourth-order valence-electron chi connectivity index (χ4n) is 2.92. The summed E-state index contributed by atoms with van der Waals surface area (Å²) < 4.78 is 20.8. The van der Waals surface area contributed by atoms with Crippen molar-refractivity contribution in [1.82, 2.24) is 0 Å². The number of phenols is 1. The van der Waals surface area contributed by atoms with Gasteiger partial charge < -0.3 is 29.2 Å². The summed E-state index contributed by atoms with van der Waals surface area (Å²) in [6, 6.07) is 9.76. The van der Waals surface area contributed by atoms with Crippen molar-refractivity contribution in [2.75, 3.05) is 27.9 Å². The van der Waals surface area contributed by atoms with Crippen molar-refractivity contribution >= 4 is 34.5 Å². The minimum atomic E-state index is -0.699. The Morgan fingerprint density at radius 3 is 2.44 bits per heavy atom. The van der Waals surface area contributed by atoms with E-state index in [1.54, 1.807) is 43.3 Å². The van der Waals surface area contributed by atoms with E-state index in [0.29, 0.717) is 33.4 Å². The zero-order valence-electron chi connectivity index (χ0n) is 18.0. The molecule has 2 aromatic rings. The van der Waals surface area contributed by atoms with E-state index in [4.69, 9.17) is 18.9 Å². The lowest BCUT2D eigenvalue weighted by Crippen LogP contribution is -2.12. The Morgan fingerprint density at radius 2 is 1.78 bits per heavy atom. The number of phenolic OH excluding ortho intramolecular Hbond substituents is 1. The molecule has 8 nitrogen and oxygen atoms in total. The first kappa shape index (κ1) is 23.1. The van der Waals surface area contributed by atoms with Crippen LogP contribution in [0, 0.1) is 0 Å². The number of aliphatic imine (C=N–C) groups is 1. The van der Waals surface area contributed by atoms with Crippen molar-refractivity contribution in [3.05, 3.63) is 58.2 Å². The van der Waals surface area contributed by atoms with Crippen LogP contribution >= 0.6 is 11.8 Å². The summed E-state index contributed by atoms with van der Waals surface area (Å²) in [6.07, 6.45) is 1.55. The van der Waals surface area contributed by atoms with Crippen LogP contribution in [0.2, 0.25) is 0 Å². The van der Waals surface area contributed by atoms with Crippen LogP contribution in [0.5, 0.6) is 23.0 Å². The summed E-state index contributed by atoms with van der Waals surface area (Å²) in [5, 5.41) is 21.2. The van der Waals surface area contributed by atoms with Crippen molar-refractivity contribution in [3.63, 3.8) is 0 Å². The second kappa shape index (κ2) is 10.1. The highest BCUT2D eigenvalue weighted by atomic mass is 32.2. The average Bonchev–Trinajstić information content (AvgIpc) is 3.09. The number of carbonyl (C=O) groups is 1. The highest BCUT2D eigenvalue weighted by Crippen LogP contribution is 2.42. The normalized spacial score (nSPS) is 15.9. The number of rotatable bonds is 7. The Bertz CT molecular complexity index is 1120. The maximum Gasteiger partial charge on any atom is 0.344 e. The van der Waals surface area contributed by atoms with Crippen molar-refractivity contribution in [1.29, 1.82) is 0 Å². The summed E-state index contributed by atoms with van der Waals surface area (Å²) in [5.41, 5.74) is 0.847. The number of hydrogen-bond acceptors (Lipinski definition) is 9. The van der Waals surface area contributed by atoms with Crippen molar-refractivity contribution in [2.24, 2.45) is 4.99 Å². The van der Waals surface area contributed by atoms with Gasteiger partial charge in [-0.2, -0.15) is 0 Å². The number of carbonyl (C=O) groups excluding carboxylic acids is 1. The van der Waals surface area contributed by atoms with Gasteiger partial charge in [0.15, 0.2) is 11.5 Å². The molecule has 168 valence electrons. The van der Waals surface area contributed by atoms with Crippen LogP contribution in [-0.2, 0) is 9.53 Å². The Balaban J connectivity index is 2.08. The van der Waals surface area contributed by atoms with Gasteiger partial charge in [0.1, 0.15) is 27.9 Å². The molecular weight excluding hydrogens is 434 g/mol. The van der Waals surface area contributed by atoms with Gasteiger partial charge in [-0.1, -0.05) is 11.8 Å². The molecule has 3 rings (SSSR count). The van der Waals surface area contributed by atoms with Gasteiger partial charge in [-0.15, -0.1) is 0 Å². The Kier molecular flexibility index (Phi) is 7.32. The van der Waals surface area contributed by atoms with Crippen LogP contribution in [0.3, 0.4) is 0 Å². The first-order chi connectivity index (χ1) is 15.4. The third-order valence-electron chi connectivity index (χ3n) is 4.49. The molecular formula is C23H23NO7S. The van der Waals surface area contributed by atoms with E-state index in [9.17, 15) is 15.0 Å². The second-order valence-corrected chi connectivity index (χ2v) is 7.47. The van der Waals surface area contributed by atoms with Gasteiger partial charge in [0.05, 0.1) is 38.5 Å². The van der Waals surface area contributed by atoms with Gasteiger partial charge in [0, 0.05) is 11.6 Å². The molecule has 32 heavy (non-hydrogen) atoms. The van der Waals surface area contributed by atoms with E-state index >= 15 is 0 Å². The summed E-state index contributed by atoms with van der Waals surface area (Å²) in [4.78, 5) is 17.4. The van der Waals surface area contributed by atoms with Crippen LogP contribution in [-0.4, -0.2) is 49.2 Å². The molecule has 0 fully saturated rings. The molecule has 0 aromatic heterocycles. The van der Waals surface area contributed by atoms with Crippen LogP contribution in [0.25, 0.3) is 6.08 Å². The molecule has 0 spiro atoms. The zero-order valence-corrected chi connectivity index (χ0v) is 18.9. The number of methoxy groups -OCH3 is 3. The van der Waals surface area contributed by atoms with E-state index in [-0.39, 0.29) is 28.7 Å². The number of hydrogen-bond donors (Lipinski definition) is 2. The van der Waals surface area contributed by atoms with E-state index in [1.807, 2.05) is 0 Å². The third-order valence-corrected chi connectivity index (χ3v) is 5.51. The number of aromatic hydroxyl groups is 1. The maximum absolute atomic E-state index is 12.6. The van der Waals surface area contributed by atoms with Gasteiger partial charge in [-0.25, -0.2) is 9.79 Å². The minimum Gasteiger partial charge on any atom is -0.507 e. The lowest BCUT2D eigenvalue weighted by atomic mass is 10.1. The average molecular weight is 458 g/mol. The molecule has 0 radical (unpaired) electrons. The third kappa shape index (κ3) is 4.83. The number of ether oxygens (including phenoxy) is 4. The highest BCUT2D eigenvalue weighted by Gasteiger charge is 2.33. The molecule has 1 aliphatic heterocycles. The summed E-state index contributed by atoms with van der Waals surface area (Å²) in [5.74, 6) is 0.555. The number of benzene rings is 2. The zero-order chi connectivity index (χ0) is 23.3. The smallest absolute Gasteiger partial charge is 0.344 e. The predicted octanol–water partition coefficient (Wildman–Crippen LogP) is 4.61. The van der Waals surface area contributed by atoms with E-state index < -0.39 is 5.97 Å². The fraction of sp³-hybridized carbons (Fsp3) is 0.217. The molecule has 2 N–H and O–H groups in total. The Hall–Kier alpha value is -3.59. The van der Waals surface area contributed by atoms with E-state index in [2.05, 4.69) is 4.99 Å². The molecule has 0 atom stereocenters. The van der Waals surface area contributed by atoms with Crippen LogP contribution in [0.4, 0.5) is 5.69 Å². The van der Waals surface area contributed by atoms with Gasteiger partial charge in [-0.3, -0.25) is 0 Å². The number of aliphatic hydroxyl groups is 1. The highest BCUT2D eigenvalue weighted by molar-refractivity contribution is 8.18. The van der Waals surface area contributed by atoms with Crippen LogP contribution < -0.4 is 14.2 Å². The molecule has 0 amide bonds. The monoisotopic (exact) mass is 457 g/mol. The topological polar surface area (TPSA) is 107 Å². The first-order valence-electron chi connectivity index (χ1n) is 9.60. The molecule has 0 aliphatic carbocycles. The Morgan fingerprint density at radius 1 is 1.03 bits per heavy atom. The predicted molar refractivity (Wildman–Crippen MR) is 123 cm³/mol. The number of esters is 1. The molecule has 1 heterocycles. The summed E-state index contributed by atoms with van der Waals surface area (Å²) in [7, 11) is 4.55. The molecule has 0 unspecified atom stereocenters. The van der Waals surface area contributed by atoms with Gasteiger partial charge >= 0.3 is 5.97 Å². The van der Waals surface area contributed by atoms with Crippen LogP contribution in [0.15, 0.2) is 57.6 Å². The summed E-state index contributed by atoms with van der Waals surface area (Å²) in [6.45, 7) is 1.81. The van der Waals surface area contributed by atoms with Gasteiger partial charge in [0.2, 0.25) is 0 Å². The largest absolute Gasteiger partial charge is 0.507 e. The molecule has 0 bridgehead atoms. The standard InChI is InChI=1S/C23H23NO7S/c1-5-31-23(27)20-21(26)19(11-13-10-15(28-2)7-8-16(13)25)32-22(20)24-14-6-9-17(29-3)18(12-14)30-4/h6-12,25-26H,5H2,1-4H3. The molecule has 0 saturated heterocycles. The molecule has 9 heteroatoms. The lowest BCUT2D eigenvalue weighted by molar-refractivity contribution is -0.138.